The van der Waals surface area contributed by atoms with Crippen LogP contribution in [0.2, 0.25) is 0 Å². The van der Waals surface area contributed by atoms with Gasteiger partial charge in [0.2, 0.25) is 0 Å². The molecule has 0 radical (unpaired) electrons. The monoisotopic (exact) mass is 253 g/mol. The van der Waals surface area contributed by atoms with Crippen molar-refractivity contribution in [1.82, 2.24) is 5.32 Å². The quantitative estimate of drug-likeness (QED) is 0.862. The molecule has 0 fully saturated rings. The van der Waals surface area contributed by atoms with Crippen LogP contribution < -0.4 is 5.32 Å². The number of aryl methyl sites for hydroxylation is 3. The van der Waals surface area contributed by atoms with E-state index in [0.29, 0.717) is 0 Å². The second kappa shape index (κ2) is 6.03. The minimum Gasteiger partial charge on any atom is -0.309 e. The molecule has 0 aliphatic rings. The van der Waals surface area contributed by atoms with Crippen LogP contribution >= 0.6 is 0 Å². The Kier molecular flexibility index (Phi) is 4.39. The summed E-state index contributed by atoms with van der Waals surface area (Å²) in [6, 6.07) is 15.8. The first kappa shape index (κ1) is 13.8. The fourth-order valence-corrected chi connectivity index (χ4v) is 2.64. The Bertz CT molecular complexity index is 557. The Morgan fingerprint density at radius 3 is 2.47 bits per heavy atom. The summed E-state index contributed by atoms with van der Waals surface area (Å²) in [7, 11) is 2.03. The van der Waals surface area contributed by atoms with E-state index < -0.39 is 0 Å². The highest BCUT2D eigenvalue weighted by molar-refractivity contribution is 5.40. The van der Waals surface area contributed by atoms with Crippen molar-refractivity contribution in [2.75, 3.05) is 7.05 Å². The van der Waals surface area contributed by atoms with E-state index in [9.17, 15) is 0 Å². The summed E-state index contributed by atoms with van der Waals surface area (Å²) >= 11 is 0. The van der Waals surface area contributed by atoms with E-state index in [2.05, 4.69) is 68.6 Å². The second-order valence-corrected chi connectivity index (χ2v) is 5.18. The number of nitrogens with one attached hydrogen (secondary N) is 1. The summed E-state index contributed by atoms with van der Waals surface area (Å²) in [5.41, 5.74) is 6.76. The Balaban J connectivity index is 2.43. The van der Waals surface area contributed by atoms with Gasteiger partial charge in [0.25, 0.3) is 0 Å². The lowest BCUT2D eigenvalue weighted by atomic mass is 9.93. The molecule has 1 heteroatoms. The Morgan fingerprint density at radius 1 is 1.05 bits per heavy atom. The van der Waals surface area contributed by atoms with Crippen molar-refractivity contribution < 1.29 is 0 Å². The van der Waals surface area contributed by atoms with Crippen LogP contribution in [0.3, 0.4) is 0 Å². The maximum Gasteiger partial charge on any atom is 0.0576 e. The van der Waals surface area contributed by atoms with Crippen LogP contribution in [0, 0.1) is 13.8 Å². The predicted octanol–water partition coefficient (Wildman–Crippen LogP) is 4.17. The number of hydrogen-bond acceptors (Lipinski definition) is 1. The topological polar surface area (TPSA) is 12.0 Å². The van der Waals surface area contributed by atoms with Crippen molar-refractivity contribution >= 4 is 0 Å². The van der Waals surface area contributed by atoms with Gasteiger partial charge in [0.05, 0.1) is 6.04 Å². The van der Waals surface area contributed by atoms with Crippen LogP contribution in [-0.2, 0) is 6.42 Å². The van der Waals surface area contributed by atoms with Crippen LogP contribution in [0.1, 0.15) is 40.8 Å². The van der Waals surface area contributed by atoms with Crippen molar-refractivity contribution in [3.8, 4) is 0 Å². The van der Waals surface area contributed by atoms with E-state index in [4.69, 9.17) is 0 Å². The first-order valence-electron chi connectivity index (χ1n) is 6.99. The molecular formula is C18H23N. The van der Waals surface area contributed by atoms with Gasteiger partial charge in [-0.2, -0.15) is 0 Å². The summed E-state index contributed by atoms with van der Waals surface area (Å²) in [6.07, 6.45) is 1.08. The fourth-order valence-electron chi connectivity index (χ4n) is 2.64. The molecule has 1 atom stereocenters. The zero-order chi connectivity index (χ0) is 13.8. The molecule has 1 N–H and O–H groups in total. The van der Waals surface area contributed by atoms with Crippen molar-refractivity contribution in [3.63, 3.8) is 0 Å². The van der Waals surface area contributed by atoms with Gasteiger partial charge >= 0.3 is 0 Å². The van der Waals surface area contributed by atoms with Crippen LogP contribution in [0.15, 0.2) is 42.5 Å². The summed E-state index contributed by atoms with van der Waals surface area (Å²) in [5, 5.41) is 3.45. The molecule has 2 aromatic rings. The molecule has 1 nitrogen and oxygen atoms in total. The molecule has 0 saturated carbocycles. The standard InChI is InChI=1S/C18H23N/c1-5-15-7-6-8-16(12-15)18(19-4)17-10-9-13(2)11-14(17)3/h6-12,18-19H,5H2,1-4H3. The van der Waals surface area contributed by atoms with E-state index in [-0.39, 0.29) is 6.04 Å². The second-order valence-electron chi connectivity index (χ2n) is 5.18. The molecule has 1 unspecified atom stereocenters. The smallest absolute Gasteiger partial charge is 0.0576 e. The summed E-state index contributed by atoms with van der Waals surface area (Å²) < 4.78 is 0. The summed E-state index contributed by atoms with van der Waals surface area (Å²) in [6.45, 7) is 6.53. The Hall–Kier alpha value is -1.60. The maximum atomic E-state index is 3.45. The van der Waals surface area contributed by atoms with Crippen molar-refractivity contribution in [2.45, 2.75) is 33.2 Å². The highest BCUT2D eigenvalue weighted by Crippen LogP contribution is 2.26. The largest absolute Gasteiger partial charge is 0.309 e. The molecule has 0 aromatic heterocycles. The van der Waals surface area contributed by atoms with Gasteiger partial charge in [-0.05, 0) is 49.6 Å². The molecule has 2 aromatic carbocycles. The molecule has 0 aliphatic heterocycles. The lowest BCUT2D eigenvalue weighted by molar-refractivity contribution is 0.686. The lowest BCUT2D eigenvalue weighted by Gasteiger charge is -2.20. The molecular weight excluding hydrogens is 230 g/mol. The zero-order valence-corrected chi connectivity index (χ0v) is 12.3. The molecule has 2 rings (SSSR count). The molecule has 0 heterocycles. The number of hydrogen-bond donors (Lipinski definition) is 1. The average molecular weight is 253 g/mol. The Morgan fingerprint density at radius 2 is 1.84 bits per heavy atom. The van der Waals surface area contributed by atoms with Crippen LogP contribution in [0.25, 0.3) is 0 Å². The highest BCUT2D eigenvalue weighted by Gasteiger charge is 2.14. The SMILES string of the molecule is CCc1cccc(C(NC)c2ccc(C)cc2C)c1. The first-order chi connectivity index (χ1) is 9.15. The van der Waals surface area contributed by atoms with Crippen molar-refractivity contribution in [1.29, 1.82) is 0 Å². The number of rotatable bonds is 4. The van der Waals surface area contributed by atoms with E-state index in [0.717, 1.165) is 6.42 Å². The normalized spacial score (nSPS) is 12.4. The fraction of sp³-hybridized carbons (Fsp3) is 0.333. The zero-order valence-electron chi connectivity index (χ0n) is 12.3. The van der Waals surface area contributed by atoms with Crippen LogP contribution in [-0.4, -0.2) is 7.05 Å². The van der Waals surface area contributed by atoms with Crippen molar-refractivity contribution in [2.24, 2.45) is 0 Å². The van der Waals surface area contributed by atoms with Gasteiger partial charge in [0, 0.05) is 0 Å². The predicted molar refractivity (Wildman–Crippen MR) is 82.6 cm³/mol. The summed E-state index contributed by atoms with van der Waals surface area (Å²) in [4.78, 5) is 0. The van der Waals surface area contributed by atoms with Crippen LogP contribution in [0.4, 0.5) is 0 Å². The van der Waals surface area contributed by atoms with Gasteiger partial charge in [-0.1, -0.05) is 55.0 Å². The third kappa shape index (κ3) is 3.05. The van der Waals surface area contributed by atoms with E-state index >= 15 is 0 Å². The molecule has 0 saturated heterocycles. The van der Waals surface area contributed by atoms with Gasteiger partial charge in [-0.3, -0.25) is 0 Å². The number of benzene rings is 2. The van der Waals surface area contributed by atoms with Crippen LogP contribution in [0.5, 0.6) is 0 Å². The van der Waals surface area contributed by atoms with Gasteiger partial charge in [-0.25, -0.2) is 0 Å². The Labute approximate surface area is 116 Å². The molecule has 0 spiro atoms. The third-order valence-corrected chi connectivity index (χ3v) is 3.72. The van der Waals surface area contributed by atoms with E-state index in [1.807, 2.05) is 7.05 Å². The molecule has 0 aliphatic carbocycles. The maximum absolute atomic E-state index is 3.45. The highest BCUT2D eigenvalue weighted by atomic mass is 14.9. The van der Waals surface area contributed by atoms with Gasteiger partial charge in [0.15, 0.2) is 0 Å². The lowest BCUT2D eigenvalue weighted by Crippen LogP contribution is -2.18. The average Bonchev–Trinajstić information content (AvgIpc) is 2.42. The van der Waals surface area contributed by atoms with Crippen molar-refractivity contribution in [3.05, 3.63) is 70.3 Å². The van der Waals surface area contributed by atoms with Gasteiger partial charge < -0.3 is 5.32 Å². The molecule has 100 valence electrons. The molecule has 0 bridgehead atoms. The van der Waals surface area contributed by atoms with E-state index in [1.165, 1.54) is 27.8 Å². The molecule has 0 amide bonds. The minimum absolute atomic E-state index is 0.270. The minimum atomic E-state index is 0.270. The third-order valence-electron chi connectivity index (χ3n) is 3.72. The van der Waals surface area contributed by atoms with E-state index in [1.54, 1.807) is 0 Å². The molecule has 19 heavy (non-hydrogen) atoms. The first-order valence-corrected chi connectivity index (χ1v) is 6.99. The summed E-state index contributed by atoms with van der Waals surface area (Å²) in [5.74, 6) is 0. The van der Waals surface area contributed by atoms with Gasteiger partial charge in [-0.15, -0.1) is 0 Å². The van der Waals surface area contributed by atoms with Gasteiger partial charge in [0.1, 0.15) is 0 Å².